The molecule has 0 N–H and O–H groups in total. The Bertz CT molecular complexity index is 576. The van der Waals surface area contributed by atoms with E-state index in [0.717, 1.165) is 5.76 Å². The van der Waals surface area contributed by atoms with Crippen molar-refractivity contribution in [3.63, 3.8) is 0 Å². The first kappa shape index (κ1) is 14.4. The zero-order valence-corrected chi connectivity index (χ0v) is 12.2. The van der Waals surface area contributed by atoms with Gasteiger partial charge in [0.2, 0.25) is 5.76 Å². The van der Waals surface area contributed by atoms with Crippen molar-refractivity contribution >= 4 is 5.97 Å². The molecule has 0 aromatic carbocycles. The predicted molar refractivity (Wildman–Crippen MR) is 72.7 cm³/mol. The van der Waals surface area contributed by atoms with Gasteiger partial charge in [-0.25, -0.2) is 9.78 Å². The monoisotopic (exact) mass is 277 g/mol. The molecule has 0 spiro atoms. The summed E-state index contributed by atoms with van der Waals surface area (Å²) in [6, 6.07) is 3.74. The number of ether oxygens (including phenoxy) is 1. The molecule has 0 saturated heterocycles. The van der Waals surface area contributed by atoms with Crippen LogP contribution in [0.15, 0.2) is 27.2 Å². The number of carbonyl (C=O) groups excluding carboxylic acids is 1. The van der Waals surface area contributed by atoms with Crippen LogP contribution in [0.25, 0.3) is 0 Å². The summed E-state index contributed by atoms with van der Waals surface area (Å²) in [5.41, 5.74) is 0.342. The molecule has 0 fully saturated rings. The van der Waals surface area contributed by atoms with Crippen LogP contribution >= 0.6 is 0 Å². The number of esters is 1. The minimum Gasteiger partial charge on any atom is -0.469 e. The first-order valence-corrected chi connectivity index (χ1v) is 6.52. The predicted octanol–water partition coefficient (Wildman–Crippen LogP) is 3.14. The summed E-state index contributed by atoms with van der Waals surface area (Å²) in [5.74, 6) is 1.08. The van der Waals surface area contributed by atoms with E-state index in [1.54, 1.807) is 6.26 Å². The SMILES string of the molecule is COC(=O)c1oc(CCc2ccco2)nc1C(C)(C)C. The van der Waals surface area contributed by atoms with Gasteiger partial charge in [0, 0.05) is 18.3 Å². The van der Waals surface area contributed by atoms with E-state index < -0.39 is 5.97 Å². The molecule has 2 heterocycles. The Labute approximate surface area is 117 Å². The lowest BCUT2D eigenvalue weighted by molar-refractivity contribution is 0.0559. The summed E-state index contributed by atoms with van der Waals surface area (Å²) in [4.78, 5) is 16.2. The fourth-order valence-corrected chi connectivity index (χ4v) is 1.90. The van der Waals surface area contributed by atoms with E-state index in [1.807, 2.05) is 32.9 Å². The van der Waals surface area contributed by atoms with Gasteiger partial charge in [-0.05, 0) is 12.1 Å². The summed E-state index contributed by atoms with van der Waals surface area (Å²) in [5, 5.41) is 0. The first-order valence-electron chi connectivity index (χ1n) is 6.52. The Balaban J connectivity index is 2.22. The summed E-state index contributed by atoms with van der Waals surface area (Å²) in [6.07, 6.45) is 2.89. The van der Waals surface area contributed by atoms with Gasteiger partial charge in [0.1, 0.15) is 5.76 Å². The van der Waals surface area contributed by atoms with Crippen LogP contribution in [-0.2, 0) is 23.0 Å². The van der Waals surface area contributed by atoms with Gasteiger partial charge in [-0.3, -0.25) is 0 Å². The third-order valence-electron chi connectivity index (χ3n) is 2.92. The lowest BCUT2D eigenvalue weighted by Gasteiger charge is -2.15. The maximum Gasteiger partial charge on any atom is 0.376 e. The van der Waals surface area contributed by atoms with Gasteiger partial charge in [0.25, 0.3) is 0 Å². The van der Waals surface area contributed by atoms with Crippen LogP contribution in [0.3, 0.4) is 0 Å². The largest absolute Gasteiger partial charge is 0.469 e. The molecular weight excluding hydrogens is 258 g/mol. The van der Waals surface area contributed by atoms with Crippen LogP contribution in [0.1, 0.15) is 48.7 Å². The van der Waals surface area contributed by atoms with Gasteiger partial charge in [0.05, 0.1) is 19.1 Å². The fraction of sp³-hybridized carbons (Fsp3) is 0.467. The molecule has 5 heteroatoms. The number of oxazole rings is 1. The lowest BCUT2D eigenvalue weighted by Crippen LogP contribution is -2.17. The van der Waals surface area contributed by atoms with E-state index in [4.69, 9.17) is 13.6 Å². The highest BCUT2D eigenvalue weighted by Gasteiger charge is 2.29. The van der Waals surface area contributed by atoms with Crippen molar-refractivity contribution < 1.29 is 18.4 Å². The first-order chi connectivity index (χ1) is 9.41. The number of aryl methyl sites for hydroxylation is 2. The smallest absolute Gasteiger partial charge is 0.376 e. The summed E-state index contributed by atoms with van der Waals surface area (Å²) < 4.78 is 15.6. The third kappa shape index (κ3) is 3.10. The zero-order chi connectivity index (χ0) is 14.8. The second-order valence-corrected chi connectivity index (χ2v) is 5.61. The van der Waals surface area contributed by atoms with Crippen LogP contribution in [0.2, 0.25) is 0 Å². The molecule has 5 nitrogen and oxygen atoms in total. The minimum absolute atomic E-state index is 0.189. The van der Waals surface area contributed by atoms with Gasteiger partial charge in [-0.15, -0.1) is 0 Å². The Hall–Kier alpha value is -2.04. The highest BCUT2D eigenvalue weighted by Crippen LogP contribution is 2.27. The number of methoxy groups -OCH3 is 1. The average molecular weight is 277 g/mol. The number of hydrogen-bond donors (Lipinski definition) is 0. The Morgan fingerprint density at radius 2 is 2.10 bits per heavy atom. The molecule has 2 aromatic heterocycles. The van der Waals surface area contributed by atoms with E-state index in [-0.39, 0.29) is 11.2 Å². The normalized spacial score (nSPS) is 11.6. The van der Waals surface area contributed by atoms with Crippen molar-refractivity contribution in [3.05, 3.63) is 41.5 Å². The number of nitrogens with zero attached hydrogens (tertiary/aromatic N) is 1. The molecule has 0 amide bonds. The van der Waals surface area contributed by atoms with Crippen molar-refractivity contribution in [2.45, 2.75) is 39.0 Å². The molecule has 20 heavy (non-hydrogen) atoms. The summed E-state index contributed by atoms with van der Waals surface area (Å²) in [6.45, 7) is 5.94. The van der Waals surface area contributed by atoms with Crippen LogP contribution in [0.4, 0.5) is 0 Å². The molecule has 0 aliphatic carbocycles. The number of aromatic nitrogens is 1. The molecular formula is C15H19NO4. The Morgan fingerprint density at radius 1 is 1.35 bits per heavy atom. The second-order valence-electron chi connectivity index (χ2n) is 5.61. The Morgan fingerprint density at radius 3 is 2.65 bits per heavy atom. The molecule has 2 rings (SSSR count). The average Bonchev–Trinajstić information content (AvgIpc) is 3.03. The standard InChI is InChI=1S/C15H19NO4/c1-15(2,3)13-12(14(17)18-4)20-11(16-13)8-7-10-6-5-9-19-10/h5-6,9H,7-8H2,1-4H3. The third-order valence-corrected chi connectivity index (χ3v) is 2.92. The van der Waals surface area contributed by atoms with Crippen molar-refractivity contribution in [2.75, 3.05) is 7.11 Å². The lowest BCUT2D eigenvalue weighted by atomic mass is 9.91. The van der Waals surface area contributed by atoms with E-state index in [9.17, 15) is 4.79 Å². The molecule has 0 aliphatic heterocycles. The number of rotatable bonds is 4. The van der Waals surface area contributed by atoms with E-state index >= 15 is 0 Å². The van der Waals surface area contributed by atoms with Crippen LogP contribution in [-0.4, -0.2) is 18.1 Å². The zero-order valence-electron chi connectivity index (χ0n) is 12.2. The molecule has 108 valence electrons. The van der Waals surface area contributed by atoms with Gasteiger partial charge >= 0.3 is 5.97 Å². The highest BCUT2D eigenvalue weighted by molar-refractivity contribution is 5.87. The van der Waals surface area contributed by atoms with E-state index in [0.29, 0.717) is 24.4 Å². The second kappa shape index (κ2) is 5.53. The van der Waals surface area contributed by atoms with Crippen molar-refractivity contribution in [1.29, 1.82) is 0 Å². The molecule has 0 radical (unpaired) electrons. The topological polar surface area (TPSA) is 65.5 Å². The highest BCUT2D eigenvalue weighted by atomic mass is 16.5. The fourth-order valence-electron chi connectivity index (χ4n) is 1.90. The van der Waals surface area contributed by atoms with Gasteiger partial charge in [0.15, 0.2) is 5.89 Å². The molecule has 2 aromatic rings. The minimum atomic E-state index is -0.494. The maximum absolute atomic E-state index is 11.8. The van der Waals surface area contributed by atoms with E-state index in [2.05, 4.69) is 4.98 Å². The van der Waals surface area contributed by atoms with Crippen molar-refractivity contribution in [2.24, 2.45) is 0 Å². The maximum atomic E-state index is 11.8. The van der Waals surface area contributed by atoms with Crippen LogP contribution in [0.5, 0.6) is 0 Å². The molecule has 0 saturated carbocycles. The van der Waals surface area contributed by atoms with Gasteiger partial charge < -0.3 is 13.6 Å². The van der Waals surface area contributed by atoms with E-state index in [1.165, 1.54) is 7.11 Å². The van der Waals surface area contributed by atoms with Gasteiger partial charge in [-0.2, -0.15) is 0 Å². The quantitative estimate of drug-likeness (QED) is 0.803. The number of carbonyl (C=O) groups is 1. The molecule has 0 bridgehead atoms. The Kier molecular flexibility index (Phi) is 3.97. The number of furan rings is 1. The van der Waals surface area contributed by atoms with Crippen molar-refractivity contribution in [3.8, 4) is 0 Å². The van der Waals surface area contributed by atoms with Crippen LogP contribution in [0, 0.1) is 0 Å². The molecule has 0 aliphatic rings. The number of hydrogen-bond acceptors (Lipinski definition) is 5. The molecule has 0 atom stereocenters. The van der Waals surface area contributed by atoms with Crippen molar-refractivity contribution in [1.82, 2.24) is 4.98 Å². The molecule has 0 unspecified atom stereocenters. The van der Waals surface area contributed by atoms with Gasteiger partial charge in [-0.1, -0.05) is 20.8 Å². The van der Waals surface area contributed by atoms with Crippen LogP contribution < -0.4 is 0 Å². The summed E-state index contributed by atoms with van der Waals surface area (Å²) >= 11 is 0. The summed E-state index contributed by atoms with van der Waals surface area (Å²) in [7, 11) is 1.33.